The summed E-state index contributed by atoms with van der Waals surface area (Å²) in [6, 6.07) is 3.34. The molecule has 2 unspecified atom stereocenters. The number of hydrogen-bond acceptors (Lipinski definition) is 3. The zero-order chi connectivity index (χ0) is 12.8. The van der Waals surface area contributed by atoms with E-state index in [1.54, 1.807) is 24.5 Å². The van der Waals surface area contributed by atoms with Gasteiger partial charge < -0.3 is 15.7 Å². The maximum atomic E-state index is 11.6. The SMILES string of the molecule is O=C(NCC1CCCC(O)C1)Nc1cccnc1. The topological polar surface area (TPSA) is 74.2 Å². The fourth-order valence-electron chi connectivity index (χ4n) is 2.30. The van der Waals surface area contributed by atoms with E-state index in [9.17, 15) is 9.90 Å². The monoisotopic (exact) mass is 249 g/mol. The minimum absolute atomic E-state index is 0.202. The highest BCUT2D eigenvalue weighted by Gasteiger charge is 2.20. The Kier molecular flexibility index (Phi) is 4.52. The molecule has 0 spiro atoms. The second-order valence-corrected chi connectivity index (χ2v) is 4.76. The number of rotatable bonds is 3. The van der Waals surface area contributed by atoms with Gasteiger partial charge in [-0.1, -0.05) is 6.42 Å². The van der Waals surface area contributed by atoms with Crippen LogP contribution in [0.15, 0.2) is 24.5 Å². The number of carbonyl (C=O) groups excluding carboxylic acids is 1. The van der Waals surface area contributed by atoms with Crippen LogP contribution in [-0.2, 0) is 0 Å². The molecule has 1 aromatic heterocycles. The smallest absolute Gasteiger partial charge is 0.319 e. The van der Waals surface area contributed by atoms with E-state index in [1.165, 1.54) is 0 Å². The van der Waals surface area contributed by atoms with Crippen LogP contribution in [-0.4, -0.2) is 28.8 Å². The number of hydrogen-bond donors (Lipinski definition) is 3. The van der Waals surface area contributed by atoms with Crippen LogP contribution in [0.1, 0.15) is 25.7 Å². The van der Waals surface area contributed by atoms with Crippen molar-refractivity contribution in [3.05, 3.63) is 24.5 Å². The fraction of sp³-hybridized carbons (Fsp3) is 0.538. The molecular weight excluding hydrogens is 230 g/mol. The molecule has 1 fully saturated rings. The fourth-order valence-corrected chi connectivity index (χ4v) is 2.30. The molecule has 0 aliphatic heterocycles. The van der Waals surface area contributed by atoms with E-state index in [0.717, 1.165) is 25.7 Å². The summed E-state index contributed by atoms with van der Waals surface area (Å²) in [5.74, 6) is 0.383. The van der Waals surface area contributed by atoms with Crippen LogP contribution < -0.4 is 10.6 Å². The lowest BCUT2D eigenvalue weighted by Crippen LogP contribution is -2.35. The lowest BCUT2D eigenvalue weighted by Gasteiger charge is -2.25. The number of urea groups is 1. The first kappa shape index (κ1) is 12.8. The van der Waals surface area contributed by atoms with E-state index >= 15 is 0 Å². The van der Waals surface area contributed by atoms with E-state index in [-0.39, 0.29) is 12.1 Å². The van der Waals surface area contributed by atoms with Gasteiger partial charge in [-0.05, 0) is 37.3 Å². The number of aliphatic hydroxyl groups excluding tert-OH is 1. The zero-order valence-electron chi connectivity index (χ0n) is 10.3. The van der Waals surface area contributed by atoms with Crippen molar-refractivity contribution in [1.82, 2.24) is 10.3 Å². The largest absolute Gasteiger partial charge is 0.393 e. The molecule has 1 aliphatic rings. The summed E-state index contributed by atoms with van der Waals surface area (Å²) in [6.07, 6.45) is 6.84. The average Bonchev–Trinajstić information content (AvgIpc) is 2.38. The molecule has 5 nitrogen and oxygen atoms in total. The van der Waals surface area contributed by atoms with Gasteiger partial charge in [0.15, 0.2) is 0 Å². The number of nitrogens with one attached hydrogen (secondary N) is 2. The lowest BCUT2D eigenvalue weighted by atomic mass is 9.87. The molecule has 0 bridgehead atoms. The van der Waals surface area contributed by atoms with Gasteiger partial charge in [0.1, 0.15) is 0 Å². The van der Waals surface area contributed by atoms with Gasteiger partial charge in [-0.15, -0.1) is 0 Å². The summed E-state index contributed by atoms with van der Waals surface area (Å²) < 4.78 is 0. The highest BCUT2D eigenvalue weighted by atomic mass is 16.3. The van der Waals surface area contributed by atoms with E-state index in [4.69, 9.17) is 0 Å². The summed E-state index contributed by atoms with van der Waals surface area (Å²) >= 11 is 0. The molecule has 2 amide bonds. The van der Waals surface area contributed by atoms with Gasteiger partial charge in [-0.25, -0.2) is 4.79 Å². The predicted molar refractivity (Wildman–Crippen MR) is 69.2 cm³/mol. The minimum Gasteiger partial charge on any atom is -0.393 e. The summed E-state index contributed by atoms with van der Waals surface area (Å²) in [6.45, 7) is 0.614. The second kappa shape index (κ2) is 6.35. The van der Waals surface area contributed by atoms with Gasteiger partial charge in [-0.2, -0.15) is 0 Å². The first-order valence-electron chi connectivity index (χ1n) is 6.37. The molecule has 0 saturated heterocycles. The van der Waals surface area contributed by atoms with Crippen LogP contribution in [0.2, 0.25) is 0 Å². The number of pyridine rings is 1. The third-order valence-electron chi connectivity index (χ3n) is 3.23. The standard InChI is InChI=1S/C13H19N3O2/c17-12-5-1-3-10(7-12)8-15-13(18)16-11-4-2-6-14-9-11/h2,4,6,9-10,12,17H,1,3,5,7-8H2,(H2,15,16,18). The third-order valence-corrected chi connectivity index (χ3v) is 3.23. The first-order valence-corrected chi connectivity index (χ1v) is 6.37. The van der Waals surface area contributed by atoms with Crippen molar-refractivity contribution in [1.29, 1.82) is 0 Å². The first-order chi connectivity index (χ1) is 8.74. The van der Waals surface area contributed by atoms with Gasteiger partial charge in [0.2, 0.25) is 0 Å². The number of amides is 2. The quantitative estimate of drug-likeness (QED) is 0.764. The molecule has 1 heterocycles. The zero-order valence-corrected chi connectivity index (χ0v) is 10.3. The van der Waals surface area contributed by atoms with E-state index in [0.29, 0.717) is 18.2 Å². The third kappa shape index (κ3) is 4.00. The molecule has 1 aromatic rings. The molecule has 5 heteroatoms. The van der Waals surface area contributed by atoms with Gasteiger partial charge in [0.25, 0.3) is 0 Å². The molecule has 0 aromatic carbocycles. The Morgan fingerprint density at radius 3 is 3.11 bits per heavy atom. The molecule has 3 N–H and O–H groups in total. The van der Waals surface area contributed by atoms with Crippen LogP contribution in [0.4, 0.5) is 10.5 Å². The lowest BCUT2D eigenvalue weighted by molar-refractivity contribution is 0.101. The predicted octanol–water partition coefficient (Wildman–Crippen LogP) is 1.75. The summed E-state index contributed by atoms with van der Waals surface area (Å²) in [5.41, 5.74) is 0.679. The molecule has 2 rings (SSSR count). The molecule has 98 valence electrons. The maximum absolute atomic E-state index is 11.6. The highest BCUT2D eigenvalue weighted by Crippen LogP contribution is 2.23. The van der Waals surface area contributed by atoms with Crippen molar-refractivity contribution in [2.45, 2.75) is 31.8 Å². The maximum Gasteiger partial charge on any atom is 0.319 e. The molecule has 1 saturated carbocycles. The Bertz CT molecular complexity index is 383. The van der Waals surface area contributed by atoms with Crippen LogP contribution in [0.25, 0.3) is 0 Å². The normalized spacial score (nSPS) is 23.4. The van der Waals surface area contributed by atoms with Gasteiger partial charge in [-0.3, -0.25) is 4.98 Å². The summed E-state index contributed by atoms with van der Waals surface area (Å²) in [5, 5.41) is 15.1. The summed E-state index contributed by atoms with van der Waals surface area (Å²) in [7, 11) is 0. The van der Waals surface area contributed by atoms with Crippen LogP contribution in [0.3, 0.4) is 0 Å². The van der Waals surface area contributed by atoms with Crippen molar-refractivity contribution in [2.75, 3.05) is 11.9 Å². The molecular formula is C13H19N3O2. The number of carbonyl (C=O) groups is 1. The Morgan fingerprint density at radius 1 is 1.50 bits per heavy atom. The van der Waals surface area contributed by atoms with E-state index in [1.807, 2.05) is 0 Å². The Morgan fingerprint density at radius 2 is 2.39 bits per heavy atom. The van der Waals surface area contributed by atoms with Crippen LogP contribution in [0, 0.1) is 5.92 Å². The van der Waals surface area contributed by atoms with E-state index < -0.39 is 0 Å². The number of aliphatic hydroxyl groups is 1. The Labute approximate surface area is 107 Å². The minimum atomic E-state index is -0.219. The molecule has 1 aliphatic carbocycles. The number of anilines is 1. The Balaban J connectivity index is 1.71. The van der Waals surface area contributed by atoms with Gasteiger partial charge >= 0.3 is 6.03 Å². The van der Waals surface area contributed by atoms with Crippen molar-refractivity contribution in [2.24, 2.45) is 5.92 Å². The van der Waals surface area contributed by atoms with Crippen molar-refractivity contribution in [3.63, 3.8) is 0 Å². The second-order valence-electron chi connectivity index (χ2n) is 4.76. The summed E-state index contributed by atoms with van der Waals surface area (Å²) in [4.78, 5) is 15.5. The average molecular weight is 249 g/mol. The van der Waals surface area contributed by atoms with Crippen molar-refractivity contribution in [3.8, 4) is 0 Å². The van der Waals surface area contributed by atoms with Gasteiger partial charge in [0, 0.05) is 12.7 Å². The van der Waals surface area contributed by atoms with Crippen LogP contribution >= 0.6 is 0 Å². The van der Waals surface area contributed by atoms with E-state index in [2.05, 4.69) is 15.6 Å². The highest BCUT2D eigenvalue weighted by molar-refractivity contribution is 5.88. The van der Waals surface area contributed by atoms with Crippen molar-refractivity contribution >= 4 is 11.7 Å². The molecule has 18 heavy (non-hydrogen) atoms. The van der Waals surface area contributed by atoms with Crippen molar-refractivity contribution < 1.29 is 9.90 Å². The molecule has 0 radical (unpaired) electrons. The molecule has 2 atom stereocenters. The van der Waals surface area contributed by atoms with Crippen LogP contribution in [0.5, 0.6) is 0 Å². The number of aromatic nitrogens is 1. The Hall–Kier alpha value is -1.62. The number of nitrogens with zero attached hydrogens (tertiary/aromatic N) is 1. The van der Waals surface area contributed by atoms with Gasteiger partial charge in [0.05, 0.1) is 18.0 Å².